The molecule has 1 unspecified atom stereocenters. The smallest absolute Gasteiger partial charge is 0.317 e. The molecular formula is C12H15IN2O3S. The zero-order chi connectivity index (χ0) is 13.8. The lowest BCUT2D eigenvalue weighted by molar-refractivity contribution is -0.141. The standard InChI is InChI=1S/C12H15IN2O3S/c13-10-2-1-9(19-10)3-5-14-12(18)15-6-4-8(7-15)11(16)17/h1-2,8H,3-7H2,(H,14,18)(H,16,17). The first-order valence-electron chi connectivity index (χ1n) is 6.06. The third kappa shape index (κ3) is 4.07. The molecule has 0 saturated carbocycles. The molecule has 2 N–H and O–H groups in total. The van der Waals surface area contributed by atoms with Gasteiger partial charge in [-0.2, -0.15) is 0 Å². The summed E-state index contributed by atoms with van der Waals surface area (Å²) in [6, 6.07) is 3.96. The van der Waals surface area contributed by atoms with Crippen LogP contribution in [0, 0.1) is 8.80 Å². The number of thiophene rings is 1. The van der Waals surface area contributed by atoms with E-state index in [1.54, 1.807) is 16.2 Å². The number of carbonyl (C=O) groups is 2. The number of nitrogens with zero attached hydrogens (tertiary/aromatic N) is 1. The number of carbonyl (C=O) groups excluding carboxylic acids is 1. The van der Waals surface area contributed by atoms with Crippen molar-refractivity contribution in [3.05, 3.63) is 19.9 Å². The second kappa shape index (κ2) is 6.56. The fourth-order valence-corrected chi connectivity index (χ4v) is 3.79. The van der Waals surface area contributed by atoms with E-state index in [1.807, 2.05) is 0 Å². The largest absolute Gasteiger partial charge is 0.481 e. The van der Waals surface area contributed by atoms with E-state index in [1.165, 1.54) is 7.76 Å². The summed E-state index contributed by atoms with van der Waals surface area (Å²) in [5.74, 6) is -1.23. The van der Waals surface area contributed by atoms with Gasteiger partial charge in [0, 0.05) is 24.5 Å². The number of nitrogens with one attached hydrogen (secondary N) is 1. The Hall–Kier alpha value is -0.830. The van der Waals surface area contributed by atoms with Crippen molar-refractivity contribution in [3.63, 3.8) is 0 Å². The molecule has 104 valence electrons. The number of rotatable bonds is 4. The van der Waals surface area contributed by atoms with Gasteiger partial charge in [0.05, 0.1) is 8.80 Å². The Morgan fingerprint density at radius 1 is 1.53 bits per heavy atom. The maximum atomic E-state index is 11.8. The maximum absolute atomic E-state index is 11.8. The van der Waals surface area contributed by atoms with Crippen molar-refractivity contribution in [2.75, 3.05) is 19.6 Å². The predicted molar refractivity (Wildman–Crippen MR) is 81.5 cm³/mol. The van der Waals surface area contributed by atoms with Gasteiger partial charge >= 0.3 is 12.0 Å². The zero-order valence-electron chi connectivity index (χ0n) is 10.3. The van der Waals surface area contributed by atoms with E-state index in [2.05, 4.69) is 40.0 Å². The number of carboxylic acids is 1. The highest BCUT2D eigenvalue weighted by atomic mass is 127. The van der Waals surface area contributed by atoms with E-state index in [0.29, 0.717) is 26.1 Å². The van der Waals surface area contributed by atoms with Crippen LogP contribution in [0.5, 0.6) is 0 Å². The summed E-state index contributed by atoms with van der Waals surface area (Å²) in [6.45, 7) is 1.43. The molecule has 19 heavy (non-hydrogen) atoms. The van der Waals surface area contributed by atoms with Crippen molar-refractivity contribution in [2.45, 2.75) is 12.8 Å². The lowest BCUT2D eigenvalue weighted by Crippen LogP contribution is -2.39. The third-order valence-electron chi connectivity index (χ3n) is 3.10. The van der Waals surface area contributed by atoms with Gasteiger partial charge in [-0.25, -0.2) is 4.79 Å². The fourth-order valence-electron chi connectivity index (χ4n) is 2.04. The third-order valence-corrected chi connectivity index (χ3v) is 5.05. The van der Waals surface area contributed by atoms with Gasteiger partial charge in [-0.05, 0) is 47.6 Å². The molecule has 0 aliphatic carbocycles. The molecule has 1 aliphatic heterocycles. The van der Waals surface area contributed by atoms with Gasteiger partial charge in [0.1, 0.15) is 0 Å². The van der Waals surface area contributed by atoms with E-state index in [4.69, 9.17) is 5.11 Å². The number of aliphatic carboxylic acids is 1. The highest BCUT2D eigenvalue weighted by molar-refractivity contribution is 14.1. The van der Waals surface area contributed by atoms with Crippen LogP contribution < -0.4 is 5.32 Å². The van der Waals surface area contributed by atoms with E-state index in [-0.39, 0.29) is 6.03 Å². The number of hydrogen-bond acceptors (Lipinski definition) is 3. The van der Waals surface area contributed by atoms with E-state index in [9.17, 15) is 9.59 Å². The SMILES string of the molecule is O=C(O)C1CCN(C(=O)NCCc2ccc(I)s2)C1. The Kier molecular flexibility index (Phi) is 5.03. The van der Waals surface area contributed by atoms with Crippen molar-refractivity contribution in [1.29, 1.82) is 0 Å². The quantitative estimate of drug-likeness (QED) is 0.768. The van der Waals surface area contributed by atoms with Crippen LogP contribution in [0.4, 0.5) is 4.79 Å². The number of likely N-dealkylation sites (tertiary alicyclic amines) is 1. The van der Waals surface area contributed by atoms with Gasteiger partial charge in [0.15, 0.2) is 0 Å². The number of halogens is 1. The molecule has 1 saturated heterocycles. The van der Waals surface area contributed by atoms with Crippen LogP contribution >= 0.6 is 33.9 Å². The van der Waals surface area contributed by atoms with Crippen molar-refractivity contribution in [3.8, 4) is 0 Å². The highest BCUT2D eigenvalue weighted by Gasteiger charge is 2.30. The van der Waals surface area contributed by atoms with Crippen LogP contribution in [-0.4, -0.2) is 41.6 Å². The van der Waals surface area contributed by atoms with Gasteiger partial charge in [-0.15, -0.1) is 11.3 Å². The van der Waals surface area contributed by atoms with Crippen molar-refractivity contribution >= 4 is 45.9 Å². The molecule has 1 fully saturated rings. The topological polar surface area (TPSA) is 69.6 Å². The van der Waals surface area contributed by atoms with Gasteiger partial charge in [0.2, 0.25) is 0 Å². The Morgan fingerprint density at radius 3 is 2.89 bits per heavy atom. The molecule has 0 spiro atoms. The summed E-state index contributed by atoms with van der Waals surface area (Å²) < 4.78 is 1.24. The summed E-state index contributed by atoms with van der Waals surface area (Å²) >= 11 is 3.99. The van der Waals surface area contributed by atoms with Crippen molar-refractivity contribution in [1.82, 2.24) is 10.2 Å². The summed E-state index contributed by atoms with van der Waals surface area (Å²) in [5, 5.41) is 11.7. The molecular weight excluding hydrogens is 379 g/mol. The molecule has 1 aromatic rings. The number of urea groups is 1. The normalized spacial score (nSPS) is 18.6. The zero-order valence-corrected chi connectivity index (χ0v) is 13.2. The minimum atomic E-state index is -0.816. The molecule has 7 heteroatoms. The molecule has 0 aromatic carbocycles. The first-order chi connectivity index (χ1) is 9.06. The summed E-state index contributed by atoms with van der Waals surface area (Å²) in [5.41, 5.74) is 0. The van der Waals surface area contributed by atoms with Gasteiger partial charge < -0.3 is 15.3 Å². The predicted octanol–water partition coefficient (Wildman–Crippen LogP) is 2.01. The Morgan fingerprint density at radius 2 is 2.32 bits per heavy atom. The number of hydrogen-bond donors (Lipinski definition) is 2. The van der Waals surface area contributed by atoms with Crippen molar-refractivity contribution < 1.29 is 14.7 Å². The molecule has 2 rings (SSSR count). The Bertz CT molecular complexity index is 477. The molecule has 5 nitrogen and oxygen atoms in total. The first kappa shape index (κ1) is 14.6. The summed E-state index contributed by atoms with van der Waals surface area (Å²) in [6.07, 6.45) is 1.36. The van der Waals surface area contributed by atoms with Gasteiger partial charge in [-0.1, -0.05) is 0 Å². The molecule has 2 heterocycles. The summed E-state index contributed by atoms with van der Waals surface area (Å²) in [7, 11) is 0. The van der Waals surface area contributed by atoms with Crippen LogP contribution in [-0.2, 0) is 11.2 Å². The van der Waals surface area contributed by atoms with Crippen LogP contribution in [0.3, 0.4) is 0 Å². The first-order valence-corrected chi connectivity index (χ1v) is 7.95. The Labute approximate surface area is 129 Å². The number of carboxylic acid groups (broad SMARTS) is 1. The van der Waals surface area contributed by atoms with Gasteiger partial charge in [-0.3, -0.25) is 4.79 Å². The molecule has 0 radical (unpaired) electrons. The van der Waals surface area contributed by atoms with E-state index >= 15 is 0 Å². The lowest BCUT2D eigenvalue weighted by atomic mass is 10.1. The van der Waals surface area contributed by atoms with Crippen LogP contribution in [0.15, 0.2) is 12.1 Å². The minimum Gasteiger partial charge on any atom is -0.481 e. The van der Waals surface area contributed by atoms with Crippen molar-refractivity contribution in [2.24, 2.45) is 5.92 Å². The van der Waals surface area contributed by atoms with E-state index < -0.39 is 11.9 Å². The highest BCUT2D eigenvalue weighted by Crippen LogP contribution is 2.18. The molecule has 1 aliphatic rings. The van der Waals surface area contributed by atoms with E-state index in [0.717, 1.165) is 6.42 Å². The molecule has 0 bridgehead atoms. The van der Waals surface area contributed by atoms with Gasteiger partial charge in [0.25, 0.3) is 0 Å². The molecule has 1 atom stereocenters. The van der Waals surface area contributed by atoms with Crippen LogP contribution in [0.2, 0.25) is 0 Å². The number of amides is 2. The summed E-state index contributed by atoms with van der Waals surface area (Å²) in [4.78, 5) is 25.5. The fraction of sp³-hybridized carbons (Fsp3) is 0.500. The second-order valence-corrected chi connectivity index (χ2v) is 7.52. The van der Waals surface area contributed by atoms with Crippen LogP contribution in [0.1, 0.15) is 11.3 Å². The monoisotopic (exact) mass is 394 g/mol. The lowest BCUT2D eigenvalue weighted by Gasteiger charge is -2.16. The molecule has 1 aromatic heterocycles. The molecule has 2 amide bonds. The Balaban J connectivity index is 1.72. The average Bonchev–Trinajstić information content (AvgIpc) is 2.98. The average molecular weight is 394 g/mol. The second-order valence-electron chi connectivity index (χ2n) is 4.46. The minimum absolute atomic E-state index is 0.157. The maximum Gasteiger partial charge on any atom is 0.317 e. The van der Waals surface area contributed by atoms with Crippen LogP contribution in [0.25, 0.3) is 0 Å².